The number of hydrogen-bond donors (Lipinski definition) is 0. The van der Waals surface area contributed by atoms with Gasteiger partial charge in [0, 0.05) is 0 Å². The van der Waals surface area contributed by atoms with Crippen molar-refractivity contribution in [3.05, 3.63) is 82.4 Å². The lowest BCUT2D eigenvalue weighted by atomic mass is 9.58. The Kier molecular flexibility index (Phi) is 4.19. The first-order valence-corrected chi connectivity index (χ1v) is 8.91. The van der Waals surface area contributed by atoms with Gasteiger partial charge in [-0.25, -0.2) is 4.79 Å². The van der Waals surface area contributed by atoms with Crippen LogP contribution >= 0.6 is 0 Å². The van der Waals surface area contributed by atoms with Gasteiger partial charge >= 0.3 is 5.97 Å². The molecule has 0 radical (unpaired) electrons. The van der Waals surface area contributed by atoms with Gasteiger partial charge in [-0.05, 0) is 47.7 Å². The summed E-state index contributed by atoms with van der Waals surface area (Å²) >= 11 is 0. The fourth-order valence-electron chi connectivity index (χ4n) is 4.03. The maximum Gasteiger partial charge on any atom is 0.341 e. The Bertz CT molecular complexity index is 982. The summed E-state index contributed by atoms with van der Waals surface area (Å²) in [6.45, 7) is 0. The van der Waals surface area contributed by atoms with Gasteiger partial charge in [0.15, 0.2) is 5.78 Å². The van der Waals surface area contributed by atoms with Gasteiger partial charge in [0.1, 0.15) is 16.7 Å². The van der Waals surface area contributed by atoms with Crippen molar-refractivity contribution in [3.63, 3.8) is 0 Å². The summed E-state index contributed by atoms with van der Waals surface area (Å²) in [5.41, 5.74) is 2.71. The third-order valence-electron chi connectivity index (χ3n) is 5.46. The highest BCUT2D eigenvalue weighted by Crippen LogP contribution is 2.50. The maximum atomic E-state index is 13.8. The molecule has 136 valence electrons. The van der Waals surface area contributed by atoms with Gasteiger partial charge in [0.2, 0.25) is 0 Å². The number of fused-ring (bicyclic) bond motifs is 1. The molecule has 2 aliphatic rings. The van der Waals surface area contributed by atoms with Crippen molar-refractivity contribution in [1.82, 2.24) is 0 Å². The van der Waals surface area contributed by atoms with Crippen molar-refractivity contribution < 1.29 is 19.1 Å². The number of allylic oxidation sites excluding steroid dienone is 2. The predicted molar refractivity (Wildman–Crippen MR) is 103 cm³/mol. The largest absolute Gasteiger partial charge is 0.497 e. The molecule has 2 aromatic rings. The quantitative estimate of drug-likeness (QED) is 0.472. The molecule has 0 fully saturated rings. The van der Waals surface area contributed by atoms with Gasteiger partial charge in [-0.1, -0.05) is 48.0 Å². The summed E-state index contributed by atoms with van der Waals surface area (Å²) < 4.78 is 10.2. The third-order valence-corrected chi connectivity index (χ3v) is 5.46. The lowest BCUT2D eigenvalue weighted by molar-refractivity contribution is -0.138. The Morgan fingerprint density at radius 1 is 1.04 bits per heavy atom. The van der Waals surface area contributed by atoms with Gasteiger partial charge in [0.25, 0.3) is 0 Å². The average Bonchev–Trinajstić information content (AvgIpc) is 2.68. The number of carbonyl (C=O) groups excluding carboxylic acids is 2. The van der Waals surface area contributed by atoms with E-state index in [0.717, 1.165) is 40.9 Å². The molecule has 0 aromatic heterocycles. The molecule has 0 amide bonds. The van der Waals surface area contributed by atoms with Crippen LogP contribution in [0.25, 0.3) is 6.08 Å². The Morgan fingerprint density at radius 3 is 2.33 bits per heavy atom. The van der Waals surface area contributed by atoms with Crippen LogP contribution in [0, 0.1) is 0 Å². The van der Waals surface area contributed by atoms with Crippen LogP contribution in [0.4, 0.5) is 0 Å². The SMILES string of the molecule is COC(=O)C1=Cc2ccccc2C(C2=CCC2)(c2ccc(OC)cc2)C1=O. The molecule has 1 unspecified atom stereocenters. The Labute approximate surface area is 158 Å². The molecule has 0 spiro atoms. The van der Waals surface area contributed by atoms with Crippen LogP contribution in [-0.4, -0.2) is 26.0 Å². The van der Waals surface area contributed by atoms with Crippen molar-refractivity contribution in [2.75, 3.05) is 14.2 Å². The number of carbonyl (C=O) groups is 2. The monoisotopic (exact) mass is 360 g/mol. The normalized spacial score (nSPS) is 20.7. The van der Waals surface area contributed by atoms with E-state index in [0.29, 0.717) is 0 Å². The van der Waals surface area contributed by atoms with E-state index < -0.39 is 11.4 Å². The van der Waals surface area contributed by atoms with Crippen LogP contribution in [0.3, 0.4) is 0 Å². The van der Waals surface area contributed by atoms with Crippen LogP contribution in [0.5, 0.6) is 5.75 Å². The minimum atomic E-state index is -1.00. The number of esters is 1. The fraction of sp³-hybridized carbons (Fsp3) is 0.217. The highest BCUT2D eigenvalue weighted by atomic mass is 16.5. The molecule has 27 heavy (non-hydrogen) atoms. The van der Waals surface area contributed by atoms with Gasteiger partial charge in [-0.3, -0.25) is 4.79 Å². The van der Waals surface area contributed by atoms with Crippen LogP contribution in [-0.2, 0) is 19.7 Å². The average molecular weight is 360 g/mol. The van der Waals surface area contributed by atoms with E-state index in [1.54, 1.807) is 13.2 Å². The topological polar surface area (TPSA) is 52.6 Å². The number of Topliss-reactive ketones (excluding diaryl/α,β-unsaturated/α-hetero) is 1. The van der Waals surface area contributed by atoms with Crippen molar-refractivity contribution in [2.24, 2.45) is 0 Å². The highest BCUT2D eigenvalue weighted by molar-refractivity contribution is 6.28. The Balaban J connectivity index is 2.03. The molecule has 0 aliphatic heterocycles. The minimum absolute atomic E-state index is 0.0832. The Hall–Kier alpha value is -3.14. The molecule has 0 heterocycles. The van der Waals surface area contributed by atoms with Crippen LogP contribution in [0.2, 0.25) is 0 Å². The summed E-state index contributed by atoms with van der Waals surface area (Å²) in [4.78, 5) is 26.1. The molecule has 0 saturated carbocycles. The lowest BCUT2D eigenvalue weighted by Gasteiger charge is -2.42. The molecule has 4 heteroatoms. The van der Waals surface area contributed by atoms with Gasteiger partial charge in [-0.2, -0.15) is 0 Å². The molecule has 2 aliphatic carbocycles. The van der Waals surface area contributed by atoms with E-state index in [1.165, 1.54) is 7.11 Å². The summed E-state index contributed by atoms with van der Waals surface area (Å²) in [7, 11) is 2.91. The number of ether oxygens (including phenoxy) is 2. The second-order valence-corrected chi connectivity index (χ2v) is 6.71. The number of methoxy groups -OCH3 is 2. The second kappa shape index (κ2) is 6.54. The lowest BCUT2D eigenvalue weighted by Crippen LogP contribution is -2.45. The first-order chi connectivity index (χ1) is 13.1. The summed E-state index contributed by atoms with van der Waals surface area (Å²) in [5.74, 6) is -0.117. The molecule has 0 bridgehead atoms. The molecule has 1 atom stereocenters. The van der Waals surface area contributed by atoms with E-state index in [4.69, 9.17) is 9.47 Å². The molecule has 0 saturated heterocycles. The molecule has 2 aromatic carbocycles. The zero-order valence-electron chi connectivity index (χ0n) is 15.3. The zero-order valence-corrected chi connectivity index (χ0v) is 15.3. The minimum Gasteiger partial charge on any atom is -0.497 e. The fourth-order valence-corrected chi connectivity index (χ4v) is 4.03. The highest BCUT2D eigenvalue weighted by Gasteiger charge is 2.51. The third kappa shape index (κ3) is 2.44. The van der Waals surface area contributed by atoms with Crippen molar-refractivity contribution in [1.29, 1.82) is 0 Å². The molecular formula is C23H20O4. The van der Waals surface area contributed by atoms with E-state index in [-0.39, 0.29) is 11.4 Å². The predicted octanol–water partition coefficient (Wildman–Crippen LogP) is 3.84. The van der Waals surface area contributed by atoms with Crippen LogP contribution in [0.15, 0.2) is 65.8 Å². The summed E-state index contributed by atoms with van der Waals surface area (Å²) in [6, 6.07) is 15.3. The number of rotatable bonds is 4. The van der Waals surface area contributed by atoms with E-state index in [2.05, 4.69) is 6.08 Å². The van der Waals surface area contributed by atoms with E-state index >= 15 is 0 Å². The Morgan fingerprint density at radius 2 is 1.74 bits per heavy atom. The maximum absolute atomic E-state index is 13.8. The van der Waals surface area contributed by atoms with Crippen LogP contribution < -0.4 is 4.74 Å². The smallest absolute Gasteiger partial charge is 0.341 e. The molecule has 4 nitrogen and oxygen atoms in total. The molecule has 0 N–H and O–H groups in total. The van der Waals surface area contributed by atoms with Gasteiger partial charge in [0.05, 0.1) is 14.2 Å². The second-order valence-electron chi connectivity index (χ2n) is 6.71. The summed E-state index contributed by atoms with van der Waals surface area (Å²) in [5, 5.41) is 0. The van der Waals surface area contributed by atoms with Crippen molar-refractivity contribution in [2.45, 2.75) is 18.3 Å². The molecular weight excluding hydrogens is 340 g/mol. The number of ketones is 1. The number of hydrogen-bond acceptors (Lipinski definition) is 4. The number of benzene rings is 2. The van der Waals surface area contributed by atoms with Crippen molar-refractivity contribution in [3.8, 4) is 5.75 Å². The summed E-state index contributed by atoms with van der Waals surface area (Å²) in [6.07, 6.45) is 5.49. The molecule has 4 rings (SSSR count). The van der Waals surface area contributed by atoms with Crippen molar-refractivity contribution >= 4 is 17.8 Å². The first-order valence-electron chi connectivity index (χ1n) is 8.91. The first kappa shape index (κ1) is 17.3. The van der Waals surface area contributed by atoms with Gasteiger partial charge < -0.3 is 9.47 Å². The van der Waals surface area contributed by atoms with Crippen LogP contribution in [0.1, 0.15) is 29.5 Å². The standard InChI is InChI=1S/C23H20O4/c1-26-18-12-10-17(11-13-18)23(16-7-5-8-16)20-9-4-3-6-15(20)14-19(21(23)24)22(25)27-2/h3-4,6-7,9-14H,5,8H2,1-2H3. The van der Waals surface area contributed by atoms with E-state index in [9.17, 15) is 9.59 Å². The van der Waals surface area contributed by atoms with Gasteiger partial charge in [-0.15, -0.1) is 0 Å². The zero-order chi connectivity index (χ0) is 19.0. The van der Waals surface area contributed by atoms with E-state index in [1.807, 2.05) is 48.5 Å².